The van der Waals surface area contributed by atoms with E-state index in [4.69, 9.17) is 0 Å². The quantitative estimate of drug-likeness (QED) is 0.352. The normalized spacial score (nSPS) is 18.5. The monoisotopic (exact) mass is 481 g/mol. The first-order valence-corrected chi connectivity index (χ1v) is 15.4. The summed E-state index contributed by atoms with van der Waals surface area (Å²) in [7, 11) is 1.07. The first-order chi connectivity index (χ1) is 14.5. The second-order valence-corrected chi connectivity index (χ2v) is 18.2. The molecule has 0 heterocycles. The molecule has 1 nitrogen and oxygen atoms in total. The Morgan fingerprint density at radius 3 is 1.70 bits per heavy atom. The summed E-state index contributed by atoms with van der Waals surface area (Å²) in [6, 6.07) is 8.64. The van der Waals surface area contributed by atoms with Crippen molar-refractivity contribution in [2.75, 3.05) is 25.3 Å². The van der Waals surface area contributed by atoms with Gasteiger partial charge in [-0.1, -0.05) is 86.6 Å². The van der Waals surface area contributed by atoms with Crippen LogP contribution in [0.4, 0.5) is 4.39 Å². The number of nitrogens with one attached hydrogen (secondary N) is 1. The highest BCUT2D eigenvalue weighted by molar-refractivity contribution is 8.32. The topological polar surface area (TPSA) is 12.0 Å². The van der Waals surface area contributed by atoms with E-state index in [2.05, 4.69) is 118 Å². The first kappa shape index (κ1) is 30.5. The molecule has 1 N–H and O–H groups in total. The van der Waals surface area contributed by atoms with Crippen LogP contribution in [-0.2, 0) is 5.75 Å². The number of benzene rings is 1. The Bertz CT molecular complexity index is 798. The molecule has 194 valence electrons. The highest BCUT2D eigenvalue weighted by Crippen LogP contribution is 2.63. The number of hydrogen-bond acceptors (Lipinski definition) is 1. The van der Waals surface area contributed by atoms with Crippen molar-refractivity contribution in [1.82, 2.24) is 5.32 Å². The van der Waals surface area contributed by atoms with E-state index >= 15 is 4.39 Å². The van der Waals surface area contributed by atoms with Gasteiger partial charge in [0.1, 0.15) is 5.67 Å². The smallest absolute Gasteiger partial charge is 0.115 e. The van der Waals surface area contributed by atoms with Gasteiger partial charge in [0.05, 0.1) is 0 Å². The summed E-state index contributed by atoms with van der Waals surface area (Å²) in [5.74, 6) is 1.99. The maximum atomic E-state index is 16.9. The van der Waals surface area contributed by atoms with Crippen LogP contribution in [0.25, 0.3) is 0 Å². The fourth-order valence-corrected chi connectivity index (χ4v) is 7.78. The highest BCUT2D eigenvalue weighted by atomic mass is 32.3. The Hall–Kier alpha value is -0.540. The first-order valence-electron chi connectivity index (χ1n) is 12.6. The largest absolute Gasteiger partial charge is 0.313 e. The summed E-state index contributed by atoms with van der Waals surface area (Å²) in [6.45, 7) is 26.9. The van der Waals surface area contributed by atoms with Gasteiger partial charge in [0.15, 0.2) is 0 Å². The van der Waals surface area contributed by atoms with Crippen LogP contribution in [0.5, 0.6) is 0 Å². The summed E-state index contributed by atoms with van der Waals surface area (Å²) < 4.78 is 16.9. The molecule has 0 aromatic heterocycles. The fourth-order valence-electron chi connectivity index (χ4n) is 5.54. The molecule has 0 saturated heterocycles. The minimum absolute atomic E-state index is 0.0273. The standard InChI is InChI=1S/C30H56FNS/c1-23-18-16-17-19-24(23)22-33(14,15)21-20-29(11,31)28(9,10)30(12,32-13)27(7,8)26(5,6)25(2,3)4/h16-19,32H,20-22H2,1-15H3. The zero-order valence-electron chi connectivity index (χ0n) is 24.7. The molecule has 1 aromatic rings. The van der Waals surface area contributed by atoms with Crippen LogP contribution < -0.4 is 5.32 Å². The minimum Gasteiger partial charge on any atom is -0.313 e. The van der Waals surface area contributed by atoms with Gasteiger partial charge in [0.2, 0.25) is 0 Å². The van der Waals surface area contributed by atoms with Gasteiger partial charge >= 0.3 is 0 Å². The van der Waals surface area contributed by atoms with E-state index in [1.54, 1.807) is 0 Å². The van der Waals surface area contributed by atoms with Gasteiger partial charge in [-0.15, -0.1) is 0 Å². The molecular formula is C30H56FNS. The average Bonchev–Trinajstić information content (AvgIpc) is 2.66. The number of halogens is 1. The van der Waals surface area contributed by atoms with Crippen molar-refractivity contribution < 1.29 is 4.39 Å². The molecule has 0 fully saturated rings. The molecule has 1 rings (SSSR count). The van der Waals surface area contributed by atoms with E-state index in [-0.39, 0.29) is 16.2 Å². The van der Waals surface area contributed by atoms with E-state index in [1.807, 2.05) is 14.0 Å². The molecular weight excluding hydrogens is 425 g/mol. The molecule has 3 heteroatoms. The van der Waals surface area contributed by atoms with Gasteiger partial charge in [-0.05, 0) is 79.9 Å². The van der Waals surface area contributed by atoms with Gasteiger partial charge in [-0.2, -0.15) is 0 Å². The lowest BCUT2D eigenvalue weighted by atomic mass is 9.43. The third-order valence-electron chi connectivity index (χ3n) is 10.7. The minimum atomic E-state index is -1.31. The Labute approximate surface area is 208 Å². The highest BCUT2D eigenvalue weighted by Gasteiger charge is 2.64. The van der Waals surface area contributed by atoms with Crippen LogP contribution in [-0.4, -0.2) is 36.5 Å². The summed E-state index contributed by atoms with van der Waals surface area (Å²) >= 11 is 0. The molecule has 0 aliphatic heterocycles. The number of alkyl halides is 1. The SMILES string of the molecule is CNC(C)(C(C)(C)C(C)(F)CCS(C)(C)Cc1ccccc1C)C(C)(C)C(C)(C)C(C)(C)C. The predicted octanol–water partition coefficient (Wildman–Crippen LogP) is 8.78. The van der Waals surface area contributed by atoms with Crippen molar-refractivity contribution in [2.24, 2.45) is 21.7 Å². The molecule has 0 bridgehead atoms. The zero-order valence-corrected chi connectivity index (χ0v) is 25.5. The van der Waals surface area contributed by atoms with Crippen LogP contribution in [0, 0.1) is 28.6 Å². The fraction of sp³-hybridized carbons (Fsp3) is 0.800. The van der Waals surface area contributed by atoms with E-state index < -0.39 is 26.7 Å². The Morgan fingerprint density at radius 1 is 0.788 bits per heavy atom. The molecule has 2 unspecified atom stereocenters. The van der Waals surface area contributed by atoms with Gasteiger partial charge in [-0.25, -0.2) is 14.4 Å². The molecule has 1 aromatic carbocycles. The molecule has 0 saturated carbocycles. The molecule has 2 atom stereocenters. The third-order valence-corrected chi connectivity index (χ3v) is 13.1. The molecule has 0 aliphatic carbocycles. The van der Waals surface area contributed by atoms with E-state index in [0.717, 1.165) is 11.5 Å². The summed E-state index contributed by atoms with van der Waals surface area (Å²) in [4.78, 5) is 0. The average molecular weight is 482 g/mol. The lowest BCUT2D eigenvalue weighted by molar-refractivity contribution is -0.150. The summed E-state index contributed by atoms with van der Waals surface area (Å²) in [6.07, 6.45) is 5.32. The molecule has 33 heavy (non-hydrogen) atoms. The third kappa shape index (κ3) is 5.50. The van der Waals surface area contributed by atoms with Crippen molar-refractivity contribution in [3.8, 4) is 0 Å². The predicted molar refractivity (Wildman–Crippen MR) is 152 cm³/mol. The van der Waals surface area contributed by atoms with Crippen molar-refractivity contribution in [2.45, 2.75) is 106 Å². The van der Waals surface area contributed by atoms with E-state index in [1.165, 1.54) is 11.1 Å². The summed E-state index contributed by atoms with van der Waals surface area (Å²) in [5, 5.41) is 3.65. The number of aryl methyl sites for hydroxylation is 1. The second-order valence-electron chi connectivity index (χ2n) is 14.0. The van der Waals surface area contributed by atoms with Crippen LogP contribution in [0.3, 0.4) is 0 Å². The molecule has 0 spiro atoms. The molecule has 0 aliphatic rings. The molecule has 0 amide bonds. The number of rotatable bonds is 10. The van der Waals surface area contributed by atoms with Crippen LogP contribution in [0.15, 0.2) is 24.3 Å². The summed E-state index contributed by atoms with van der Waals surface area (Å²) in [5.41, 5.74) is 0.312. The van der Waals surface area contributed by atoms with Gasteiger partial charge in [0, 0.05) is 16.7 Å². The second kappa shape index (κ2) is 9.49. The van der Waals surface area contributed by atoms with Gasteiger partial charge in [0.25, 0.3) is 0 Å². The van der Waals surface area contributed by atoms with Crippen molar-refractivity contribution >= 4 is 10.0 Å². The Kier molecular flexibility index (Phi) is 8.77. The zero-order chi connectivity index (χ0) is 26.3. The Morgan fingerprint density at radius 2 is 1.27 bits per heavy atom. The van der Waals surface area contributed by atoms with Gasteiger partial charge in [-0.3, -0.25) is 0 Å². The maximum Gasteiger partial charge on any atom is 0.115 e. The van der Waals surface area contributed by atoms with Crippen molar-refractivity contribution in [3.63, 3.8) is 0 Å². The van der Waals surface area contributed by atoms with Crippen LogP contribution >= 0.6 is 10.0 Å². The maximum absolute atomic E-state index is 16.9. The van der Waals surface area contributed by atoms with Crippen molar-refractivity contribution in [3.05, 3.63) is 35.4 Å². The van der Waals surface area contributed by atoms with E-state index in [9.17, 15) is 0 Å². The van der Waals surface area contributed by atoms with E-state index in [0.29, 0.717) is 6.42 Å². The molecule has 0 radical (unpaired) electrons. The Balaban J connectivity index is 3.27. The van der Waals surface area contributed by atoms with Gasteiger partial charge < -0.3 is 5.32 Å². The lowest BCUT2D eigenvalue weighted by Gasteiger charge is -2.65. The van der Waals surface area contributed by atoms with Crippen LogP contribution in [0.2, 0.25) is 0 Å². The van der Waals surface area contributed by atoms with Crippen LogP contribution in [0.1, 0.15) is 93.7 Å². The van der Waals surface area contributed by atoms with Crippen molar-refractivity contribution in [1.29, 1.82) is 0 Å². The number of hydrogen-bond donors (Lipinski definition) is 1. The lowest BCUT2D eigenvalue weighted by Crippen LogP contribution is -2.71.